The van der Waals surface area contributed by atoms with E-state index in [0.29, 0.717) is 0 Å². The zero-order valence-corrected chi connectivity index (χ0v) is 8.91. The molecule has 7 heteroatoms. The minimum atomic E-state index is -4.56. The topological polar surface area (TPSA) is 68.9 Å². The van der Waals surface area contributed by atoms with Gasteiger partial charge in [0.2, 0.25) is 0 Å². The van der Waals surface area contributed by atoms with Crippen LogP contribution in [-0.4, -0.2) is 22.7 Å². The van der Waals surface area contributed by atoms with Crippen LogP contribution in [0.3, 0.4) is 0 Å². The maximum absolute atomic E-state index is 12.4. The number of nitrogens with one attached hydrogen (secondary N) is 1. The van der Waals surface area contributed by atoms with Crippen LogP contribution in [0.4, 0.5) is 19.0 Å². The van der Waals surface area contributed by atoms with E-state index in [1.165, 1.54) is 0 Å². The van der Waals surface area contributed by atoms with E-state index in [0.717, 1.165) is 12.1 Å². The summed E-state index contributed by atoms with van der Waals surface area (Å²) in [4.78, 5) is 3.33. The lowest BCUT2D eigenvalue weighted by atomic mass is 10.2. The first-order valence-electron chi connectivity index (χ1n) is 4.74. The van der Waals surface area contributed by atoms with Crippen molar-refractivity contribution in [3.05, 3.63) is 23.4 Å². The molecule has 0 spiro atoms. The molecular weight excluding hydrogens is 235 g/mol. The van der Waals surface area contributed by atoms with Gasteiger partial charge < -0.3 is 10.4 Å². The third-order valence-electron chi connectivity index (χ3n) is 1.96. The number of hydrogen-bond donors (Lipinski definition) is 2. The molecule has 1 heterocycles. The Labute approximate surface area is 95.7 Å². The van der Waals surface area contributed by atoms with Gasteiger partial charge in [-0.1, -0.05) is 0 Å². The Hall–Kier alpha value is -1.81. The third-order valence-corrected chi connectivity index (χ3v) is 1.96. The second kappa shape index (κ2) is 5.01. The Morgan fingerprint density at radius 1 is 1.53 bits per heavy atom. The Morgan fingerprint density at radius 3 is 2.65 bits per heavy atom. The summed E-state index contributed by atoms with van der Waals surface area (Å²) in [5.41, 5.74) is -1.08. The number of rotatable bonds is 3. The number of hydrogen-bond acceptors (Lipinski definition) is 4. The van der Waals surface area contributed by atoms with E-state index in [-0.39, 0.29) is 18.0 Å². The monoisotopic (exact) mass is 245 g/mol. The first kappa shape index (κ1) is 13.3. The van der Waals surface area contributed by atoms with E-state index in [1.54, 1.807) is 13.0 Å². The van der Waals surface area contributed by atoms with Gasteiger partial charge in [0.1, 0.15) is 17.6 Å². The molecule has 1 aromatic rings. The van der Waals surface area contributed by atoms with Gasteiger partial charge in [0, 0.05) is 6.04 Å². The van der Waals surface area contributed by atoms with Gasteiger partial charge in [-0.3, -0.25) is 0 Å². The molecule has 0 aliphatic heterocycles. The molecule has 0 aliphatic rings. The molecule has 0 amide bonds. The zero-order chi connectivity index (χ0) is 13.1. The van der Waals surface area contributed by atoms with Gasteiger partial charge in [0.15, 0.2) is 0 Å². The summed E-state index contributed by atoms with van der Waals surface area (Å²) >= 11 is 0. The fourth-order valence-corrected chi connectivity index (χ4v) is 1.10. The molecule has 0 aromatic carbocycles. The van der Waals surface area contributed by atoms with Crippen molar-refractivity contribution in [2.75, 3.05) is 11.9 Å². The highest BCUT2D eigenvalue weighted by Crippen LogP contribution is 2.29. The predicted molar refractivity (Wildman–Crippen MR) is 54.1 cm³/mol. The minimum absolute atomic E-state index is 0.00157. The van der Waals surface area contributed by atoms with Crippen LogP contribution in [0.25, 0.3) is 0 Å². The molecule has 1 atom stereocenters. The van der Waals surface area contributed by atoms with Crippen LogP contribution in [0.2, 0.25) is 0 Å². The Bertz CT molecular complexity index is 439. The van der Waals surface area contributed by atoms with Crippen molar-refractivity contribution in [1.29, 1.82) is 5.26 Å². The maximum Gasteiger partial charge on any atom is 0.433 e. The molecule has 17 heavy (non-hydrogen) atoms. The number of aliphatic hydroxyl groups excluding tert-OH is 1. The Morgan fingerprint density at radius 2 is 2.18 bits per heavy atom. The number of pyridine rings is 1. The number of halogens is 3. The molecule has 1 rings (SSSR count). The maximum atomic E-state index is 12.4. The molecule has 1 aromatic heterocycles. The van der Waals surface area contributed by atoms with Crippen LogP contribution in [0, 0.1) is 11.3 Å². The normalized spacial score (nSPS) is 12.9. The van der Waals surface area contributed by atoms with E-state index in [2.05, 4.69) is 10.3 Å². The van der Waals surface area contributed by atoms with Crippen molar-refractivity contribution in [3.63, 3.8) is 0 Å². The fraction of sp³-hybridized carbons (Fsp3) is 0.400. The fourth-order valence-electron chi connectivity index (χ4n) is 1.10. The number of nitrogens with zero attached hydrogens (tertiary/aromatic N) is 2. The number of nitriles is 1. The van der Waals surface area contributed by atoms with Gasteiger partial charge in [-0.05, 0) is 19.1 Å². The summed E-state index contributed by atoms with van der Waals surface area (Å²) < 4.78 is 37.2. The summed E-state index contributed by atoms with van der Waals surface area (Å²) in [6, 6.07) is 3.03. The summed E-state index contributed by atoms with van der Waals surface area (Å²) in [6.45, 7) is 1.28. The predicted octanol–water partition coefficient (Wildman–Crippen LogP) is 1.76. The molecule has 4 nitrogen and oxygen atoms in total. The van der Waals surface area contributed by atoms with Crippen molar-refractivity contribution in [1.82, 2.24) is 4.98 Å². The van der Waals surface area contributed by atoms with Crippen molar-refractivity contribution in [2.45, 2.75) is 19.1 Å². The quantitative estimate of drug-likeness (QED) is 0.851. The highest BCUT2D eigenvalue weighted by molar-refractivity contribution is 5.53. The van der Waals surface area contributed by atoms with E-state index in [1.807, 2.05) is 0 Å². The van der Waals surface area contributed by atoms with Crippen molar-refractivity contribution >= 4 is 5.82 Å². The van der Waals surface area contributed by atoms with Gasteiger partial charge in [-0.15, -0.1) is 0 Å². The SMILES string of the molecule is CC(CO)Nc1nc(C(F)(F)F)ccc1C#N. The third kappa shape index (κ3) is 3.32. The first-order chi connectivity index (χ1) is 7.88. The molecule has 0 radical (unpaired) electrons. The van der Waals surface area contributed by atoms with Crippen LogP contribution < -0.4 is 5.32 Å². The average Bonchev–Trinajstić information content (AvgIpc) is 2.27. The molecule has 92 valence electrons. The molecule has 0 fully saturated rings. The smallest absolute Gasteiger partial charge is 0.394 e. The molecule has 2 N–H and O–H groups in total. The lowest BCUT2D eigenvalue weighted by Gasteiger charge is -2.14. The number of aliphatic hydroxyl groups is 1. The second-order valence-corrected chi connectivity index (χ2v) is 3.43. The number of aromatic nitrogens is 1. The molecule has 0 bridgehead atoms. The summed E-state index contributed by atoms with van der Waals surface area (Å²) in [5.74, 6) is -0.177. The van der Waals surface area contributed by atoms with Crippen LogP contribution in [0.5, 0.6) is 0 Å². The van der Waals surface area contributed by atoms with Crippen LogP contribution in [0.15, 0.2) is 12.1 Å². The first-order valence-corrected chi connectivity index (χ1v) is 4.74. The van der Waals surface area contributed by atoms with Crippen LogP contribution in [-0.2, 0) is 6.18 Å². The summed E-state index contributed by atoms with van der Waals surface area (Å²) in [7, 11) is 0. The molecule has 1 unspecified atom stereocenters. The standard InChI is InChI=1S/C10H10F3N3O/c1-6(5-17)15-9-7(4-14)2-3-8(16-9)10(11,12)13/h2-3,6,17H,5H2,1H3,(H,15,16). The van der Waals surface area contributed by atoms with E-state index in [4.69, 9.17) is 10.4 Å². The lowest BCUT2D eigenvalue weighted by molar-refractivity contribution is -0.141. The highest BCUT2D eigenvalue weighted by Gasteiger charge is 2.33. The van der Waals surface area contributed by atoms with E-state index < -0.39 is 17.9 Å². The van der Waals surface area contributed by atoms with Gasteiger partial charge >= 0.3 is 6.18 Å². The Kier molecular flexibility index (Phi) is 3.91. The van der Waals surface area contributed by atoms with Crippen molar-refractivity contribution < 1.29 is 18.3 Å². The lowest BCUT2D eigenvalue weighted by Crippen LogP contribution is -2.22. The molecule has 0 saturated carbocycles. The van der Waals surface area contributed by atoms with Gasteiger partial charge in [0.05, 0.1) is 12.2 Å². The summed E-state index contributed by atoms with van der Waals surface area (Å²) in [5, 5.41) is 20.1. The molecular formula is C10H10F3N3O. The van der Waals surface area contributed by atoms with Crippen LogP contribution in [0.1, 0.15) is 18.2 Å². The number of alkyl halides is 3. The Balaban J connectivity index is 3.12. The number of anilines is 1. The molecule has 0 saturated heterocycles. The minimum Gasteiger partial charge on any atom is -0.394 e. The zero-order valence-electron chi connectivity index (χ0n) is 8.91. The van der Waals surface area contributed by atoms with Crippen molar-refractivity contribution in [2.24, 2.45) is 0 Å². The summed E-state index contributed by atoms with van der Waals surface area (Å²) in [6.07, 6.45) is -4.56. The molecule has 0 aliphatic carbocycles. The van der Waals surface area contributed by atoms with Crippen LogP contribution >= 0.6 is 0 Å². The van der Waals surface area contributed by atoms with E-state index in [9.17, 15) is 13.2 Å². The van der Waals surface area contributed by atoms with Gasteiger partial charge in [-0.25, -0.2) is 4.98 Å². The van der Waals surface area contributed by atoms with Gasteiger partial charge in [-0.2, -0.15) is 18.4 Å². The second-order valence-electron chi connectivity index (χ2n) is 3.43. The van der Waals surface area contributed by atoms with Crippen molar-refractivity contribution in [3.8, 4) is 6.07 Å². The van der Waals surface area contributed by atoms with Gasteiger partial charge in [0.25, 0.3) is 0 Å². The highest BCUT2D eigenvalue weighted by atomic mass is 19.4. The largest absolute Gasteiger partial charge is 0.433 e. The average molecular weight is 245 g/mol. The van der Waals surface area contributed by atoms with E-state index >= 15 is 0 Å².